The molecule has 18 heavy (non-hydrogen) atoms. The number of thioether (sulfide) groups is 1. The summed E-state index contributed by atoms with van der Waals surface area (Å²) in [4.78, 5) is 11.6. The van der Waals surface area contributed by atoms with E-state index in [0.29, 0.717) is 22.5 Å². The van der Waals surface area contributed by atoms with E-state index in [1.54, 1.807) is 0 Å². The molecule has 4 heteroatoms. The molecule has 1 fully saturated rings. The lowest BCUT2D eigenvalue weighted by atomic mass is 9.73. The van der Waals surface area contributed by atoms with Crippen LogP contribution in [0.25, 0.3) is 0 Å². The number of carbonyl (C=O) groups excluding carboxylic acids is 1. The summed E-state index contributed by atoms with van der Waals surface area (Å²) in [6.45, 7) is 7.54. The van der Waals surface area contributed by atoms with Crippen LogP contribution in [0.4, 0.5) is 0 Å². The Labute approximate surface area is 116 Å². The van der Waals surface area contributed by atoms with Gasteiger partial charge in [0.2, 0.25) is 5.91 Å². The largest absolute Gasteiger partial charge is 0.355 e. The molecular weight excluding hydrogens is 244 g/mol. The zero-order valence-electron chi connectivity index (χ0n) is 12.2. The molecule has 1 amide bonds. The van der Waals surface area contributed by atoms with E-state index in [2.05, 4.69) is 31.4 Å². The molecule has 3 nitrogen and oxygen atoms in total. The molecule has 1 rings (SSSR count). The Kier molecular flexibility index (Phi) is 6.50. The number of hydrogen-bond acceptors (Lipinski definition) is 3. The summed E-state index contributed by atoms with van der Waals surface area (Å²) in [6, 6.07) is 0.509. The summed E-state index contributed by atoms with van der Waals surface area (Å²) < 4.78 is 0. The molecule has 1 aliphatic rings. The molecule has 0 aromatic rings. The Morgan fingerprint density at radius 1 is 1.44 bits per heavy atom. The number of hydrogen-bond donors (Lipinski definition) is 2. The lowest BCUT2D eigenvalue weighted by Crippen LogP contribution is -2.50. The maximum atomic E-state index is 11.6. The van der Waals surface area contributed by atoms with Crippen molar-refractivity contribution in [2.75, 3.05) is 19.3 Å². The Morgan fingerprint density at radius 3 is 2.78 bits per heavy atom. The van der Waals surface area contributed by atoms with E-state index >= 15 is 0 Å². The molecular formula is C14H28N2OS. The molecule has 106 valence electrons. The second kappa shape index (κ2) is 7.39. The molecule has 1 saturated carbocycles. The van der Waals surface area contributed by atoms with E-state index in [4.69, 9.17) is 0 Å². The lowest BCUT2D eigenvalue weighted by molar-refractivity contribution is -0.118. The molecule has 0 aliphatic heterocycles. The fourth-order valence-corrected chi connectivity index (χ4v) is 4.34. The predicted molar refractivity (Wildman–Crippen MR) is 80.0 cm³/mol. The topological polar surface area (TPSA) is 41.1 Å². The van der Waals surface area contributed by atoms with Crippen molar-refractivity contribution in [2.24, 2.45) is 5.41 Å². The van der Waals surface area contributed by atoms with E-state index in [0.717, 1.165) is 13.0 Å². The van der Waals surface area contributed by atoms with Gasteiger partial charge in [-0.15, -0.1) is 11.8 Å². The molecule has 0 heterocycles. The van der Waals surface area contributed by atoms with Crippen molar-refractivity contribution in [2.45, 2.75) is 57.7 Å². The van der Waals surface area contributed by atoms with E-state index in [1.165, 1.54) is 19.3 Å². The van der Waals surface area contributed by atoms with Crippen molar-refractivity contribution >= 4 is 17.7 Å². The quantitative estimate of drug-likeness (QED) is 0.780. The summed E-state index contributed by atoms with van der Waals surface area (Å²) in [5.74, 6) is 0.777. The Morgan fingerprint density at radius 2 is 2.17 bits per heavy atom. The van der Waals surface area contributed by atoms with Crippen LogP contribution in [0.5, 0.6) is 0 Å². The molecule has 0 spiro atoms. The van der Waals surface area contributed by atoms with Crippen LogP contribution in [-0.2, 0) is 4.79 Å². The van der Waals surface area contributed by atoms with Gasteiger partial charge in [0, 0.05) is 17.8 Å². The van der Waals surface area contributed by atoms with Crippen LogP contribution in [0.1, 0.15) is 46.5 Å². The van der Waals surface area contributed by atoms with Crippen LogP contribution in [0.15, 0.2) is 0 Å². The van der Waals surface area contributed by atoms with Gasteiger partial charge in [-0.05, 0) is 31.7 Å². The van der Waals surface area contributed by atoms with Gasteiger partial charge in [0.15, 0.2) is 0 Å². The highest BCUT2D eigenvalue weighted by molar-refractivity contribution is 8.00. The Balaban J connectivity index is 2.42. The van der Waals surface area contributed by atoms with Crippen LogP contribution in [-0.4, -0.2) is 36.5 Å². The van der Waals surface area contributed by atoms with Gasteiger partial charge in [0.25, 0.3) is 0 Å². The first-order chi connectivity index (χ1) is 8.51. The molecule has 0 aromatic heterocycles. The summed E-state index contributed by atoms with van der Waals surface area (Å²) in [6.07, 6.45) is 4.78. The average Bonchev–Trinajstić information content (AvgIpc) is 2.32. The zero-order valence-corrected chi connectivity index (χ0v) is 13.0. The number of carbonyl (C=O) groups is 1. The first kappa shape index (κ1) is 15.8. The molecule has 2 N–H and O–H groups in total. The van der Waals surface area contributed by atoms with Crippen molar-refractivity contribution < 1.29 is 4.79 Å². The van der Waals surface area contributed by atoms with Gasteiger partial charge in [-0.3, -0.25) is 4.79 Å². The minimum atomic E-state index is 0.181. The smallest absolute Gasteiger partial charge is 0.230 e. The minimum Gasteiger partial charge on any atom is -0.355 e. The Hall–Kier alpha value is -0.220. The zero-order chi connectivity index (χ0) is 13.6. The van der Waals surface area contributed by atoms with E-state index in [-0.39, 0.29) is 5.91 Å². The van der Waals surface area contributed by atoms with Gasteiger partial charge < -0.3 is 10.6 Å². The average molecular weight is 272 g/mol. The second-order valence-electron chi connectivity index (χ2n) is 5.85. The van der Waals surface area contributed by atoms with E-state index in [9.17, 15) is 4.79 Å². The van der Waals surface area contributed by atoms with Gasteiger partial charge in [-0.2, -0.15) is 0 Å². The number of nitrogens with one attached hydrogen (secondary N) is 2. The standard InChI is InChI=1S/C14H28N2OS/c1-5-9-16-12(17)10-18-11-7-6-8-14(2,3)13(11)15-4/h11,13,15H,5-10H2,1-4H3,(H,16,17). The predicted octanol–water partition coefficient (Wildman–Crippen LogP) is 2.41. The fourth-order valence-electron chi connectivity index (χ4n) is 2.84. The first-order valence-corrected chi connectivity index (χ1v) is 8.11. The maximum absolute atomic E-state index is 11.6. The van der Waals surface area contributed by atoms with Gasteiger partial charge >= 0.3 is 0 Å². The molecule has 0 radical (unpaired) electrons. The van der Waals surface area contributed by atoms with Crippen molar-refractivity contribution in [3.63, 3.8) is 0 Å². The third-order valence-electron chi connectivity index (χ3n) is 3.84. The minimum absolute atomic E-state index is 0.181. The molecule has 2 atom stereocenters. The highest BCUT2D eigenvalue weighted by Crippen LogP contribution is 2.40. The number of amides is 1. The third-order valence-corrected chi connectivity index (χ3v) is 5.20. The highest BCUT2D eigenvalue weighted by atomic mass is 32.2. The summed E-state index contributed by atoms with van der Waals surface area (Å²) in [5.41, 5.74) is 0.338. The van der Waals surface area contributed by atoms with Gasteiger partial charge in [-0.1, -0.05) is 27.2 Å². The third kappa shape index (κ3) is 4.47. The van der Waals surface area contributed by atoms with Crippen molar-refractivity contribution in [3.05, 3.63) is 0 Å². The first-order valence-electron chi connectivity index (χ1n) is 7.07. The van der Waals surface area contributed by atoms with E-state index < -0.39 is 0 Å². The van der Waals surface area contributed by atoms with Gasteiger partial charge in [0.05, 0.1) is 5.75 Å². The molecule has 2 unspecified atom stereocenters. The van der Waals surface area contributed by atoms with Gasteiger partial charge in [0.1, 0.15) is 0 Å². The lowest BCUT2D eigenvalue weighted by Gasteiger charge is -2.43. The summed E-state index contributed by atoms with van der Waals surface area (Å²) in [5, 5.41) is 6.97. The fraction of sp³-hybridized carbons (Fsp3) is 0.929. The SMILES string of the molecule is CCCNC(=O)CSC1CCCC(C)(C)C1NC. The normalized spacial score (nSPS) is 26.9. The molecule has 1 aliphatic carbocycles. The van der Waals surface area contributed by atoms with Gasteiger partial charge in [-0.25, -0.2) is 0 Å². The monoisotopic (exact) mass is 272 g/mol. The van der Waals surface area contributed by atoms with Crippen LogP contribution in [0, 0.1) is 5.41 Å². The van der Waals surface area contributed by atoms with Crippen molar-refractivity contribution in [1.29, 1.82) is 0 Å². The second-order valence-corrected chi connectivity index (χ2v) is 7.07. The molecule has 0 bridgehead atoms. The number of rotatable bonds is 6. The highest BCUT2D eigenvalue weighted by Gasteiger charge is 2.38. The van der Waals surface area contributed by atoms with Crippen molar-refractivity contribution in [3.8, 4) is 0 Å². The Bertz CT molecular complexity index is 269. The summed E-state index contributed by atoms with van der Waals surface area (Å²) in [7, 11) is 2.04. The summed E-state index contributed by atoms with van der Waals surface area (Å²) >= 11 is 1.82. The molecule has 0 saturated heterocycles. The molecule has 0 aromatic carbocycles. The van der Waals surface area contributed by atoms with Crippen LogP contribution in [0.3, 0.4) is 0 Å². The van der Waals surface area contributed by atoms with Crippen molar-refractivity contribution in [1.82, 2.24) is 10.6 Å². The van der Waals surface area contributed by atoms with Crippen LogP contribution < -0.4 is 10.6 Å². The van der Waals surface area contributed by atoms with E-state index in [1.807, 2.05) is 18.8 Å². The van der Waals surface area contributed by atoms with Crippen LogP contribution in [0.2, 0.25) is 0 Å². The maximum Gasteiger partial charge on any atom is 0.230 e. The van der Waals surface area contributed by atoms with Crippen LogP contribution >= 0.6 is 11.8 Å².